The number of hydrogen-bond acceptors (Lipinski definition) is 2. The summed E-state index contributed by atoms with van der Waals surface area (Å²) in [7, 11) is 0. The molecule has 1 aliphatic heterocycles. The van der Waals surface area contributed by atoms with Crippen molar-refractivity contribution in [3.8, 4) is 5.75 Å². The van der Waals surface area contributed by atoms with Gasteiger partial charge in [0.05, 0.1) is 18.0 Å². The Labute approximate surface area is 157 Å². The summed E-state index contributed by atoms with van der Waals surface area (Å²) in [6.45, 7) is 2.02. The minimum Gasteiger partial charge on any atom is -0.508 e. The van der Waals surface area contributed by atoms with Crippen LogP contribution in [0.5, 0.6) is 5.75 Å². The third-order valence-corrected chi connectivity index (χ3v) is 5.30. The summed E-state index contributed by atoms with van der Waals surface area (Å²) in [5, 5.41) is 9.63. The number of nitrogens with zero attached hydrogens (tertiary/aromatic N) is 1. The first-order valence-corrected chi connectivity index (χ1v) is 8.98. The highest BCUT2D eigenvalue weighted by Gasteiger charge is 2.50. The van der Waals surface area contributed by atoms with E-state index in [-0.39, 0.29) is 35.5 Å². The van der Waals surface area contributed by atoms with Crippen molar-refractivity contribution >= 4 is 5.91 Å². The number of rotatable bonds is 4. The number of likely N-dealkylation sites (tertiary alicyclic amines) is 1. The van der Waals surface area contributed by atoms with Crippen molar-refractivity contribution in [2.45, 2.75) is 24.9 Å². The third-order valence-electron chi connectivity index (χ3n) is 5.30. The van der Waals surface area contributed by atoms with E-state index in [0.29, 0.717) is 0 Å². The second-order valence-electron chi connectivity index (χ2n) is 6.90. The molecule has 3 aromatic carbocycles. The molecule has 3 atom stereocenters. The molecule has 0 aliphatic carbocycles. The van der Waals surface area contributed by atoms with Crippen LogP contribution < -0.4 is 0 Å². The molecule has 4 rings (SSSR count). The lowest BCUT2D eigenvalue weighted by atomic mass is 9.76. The molecule has 1 heterocycles. The van der Waals surface area contributed by atoms with E-state index >= 15 is 0 Å². The van der Waals surface area contributed by atoms with E-state index in [1.54, 1.807) is 24.3 Å². The molecule has 1 saturated heterocycles. The van der Waals surface area contributed by atoms with Crippen molar-refractivity contribution < 1.29 is 14.3 Å². The molecular formula is C23H20FNO2. The summed E-state index contributed by atoms with van der Waals surface area (Å²) < 4.78 is 13.3. The number of halogens is 1. The van der Waals surface area contributed by atoms with Gasteiger partial charge in [-0.15, -0.1) is 0 Å². The Morgan fingerprint density at radius 3 is 2.11 bits per heavy atom. The highest BCUT2D eigenvalue weighted by Crippen LogP contribution is 2.50. The Hall–Kier alpha value is -3.14. The van der Waals surface area contributed by atoms with Crippen LogP contribution in [0.15, 0.2) is 78.9 Å². The quantitative estimate of drug-likeness (QED) is 0.667. The molecule has 3 nitrogen and oxygen atoms in total. The molecule has 3 unspecified atom stereocenters. The summed E-state index contributed by atoms with van der Waals surface area (Å²) >= 11 is 0. The SMILES string of the molecule is CC(c1ccccc1)N1C(=O)C(c2ccc(F)cc2)C1c1ccc(O)cc1. The molecule has 0 bridgehead atoms. The Balaban J connectivity index is 1.73. The van der Waals surface area contributed by atoms with E-state index in [1.165, 1.54) is 12.1 Å². The molecule has 0 spiro atoms. The first kappa shape index (κ1) is 17.3. The molecule has 1 amide bonds. The topological polar surface area (TPSA) is 40.5 Å². The van der Waals surface area contributed by atoms with Crippen molar-refractivity contribution in [2.24, 2.45) is 0 Å². The average Bonchev–Trinajstić information content (AvgIpc) is 2.69. The molecule has 27 heavy (non-hydrogen) atoms. The zero-order valence-electron chi connectivity index (χ0n) is 14.9. The first-order valence-electron chi connectivity index (χ1n) is 8.98. The molecule has 3 aromatic rings. The zero-order chi connectivity index (χ0) is 19.0. The number of carbonyl (C=O) groups is 1. The summed E-state index contributed by atoms with van der Waals surface area (Å²) in [4.78, 5) is 15.0. The second kappa shape index (κ2) is 6.88. The fourth-order valence-electron chi connectivity index (χ4n) is 3.85. The van der Waals surface area contributed by atoms with Gasteiger partial charge < -0.3 is 10.0 Å². The normalized spacial score (nSPS) is 20.2. The minimum atomic E-state index is -0.360. The van der Waals surface area contributed by atoms with Crippen LogP contribution in [0.3, 0.4) is 0 Å². The Bertz CT molecular complexity index is 938. The lowest BCUT2D eigenvalue weighted by Crippen LogP contribution is -2.54. The van der Waals surface area contributed by atoms with Crippen LogP contribution >= 0.6 is 0 Å². The predicted octanol–water partition coefficient (Wildman–Crippen LogP) is 4.96. The largest absolute Gasteiger partial charge is 0.508 e. The van der Waals surface area contributed by atoms with E-state index in [1.807, 2.05) is 54.3 Å². The highest BCUT2D eigenvalue weighted by atomic mass is 19.1. The lowest BCUT2D eigenvalue weighted by Gasteiger charge is -2.51. The van der Waals surface area contributed by atoms with E-state index in [9.17, 15) is 14.3 Å². The van der Waals surface area contributed by atoms with Gasteiger partial charge in [-0.25, -0.2) is 4.39 Å². The number of carbonyl (C=O) groups excluding carboxylic acids is 1. The summed E-state index contributed by atoms with van der Waals surface area (Å²) in [6.07, 6.45) is 0. The second-order valence-corrected chi connectivity index (χ2v) is 6.90. The smallest absolute Gasteiger partial charge is 0.233 e. The Morgan fingerprint density at radius 2 is 1.48 bits per heavy atom. The van der Waals surface area contributed by atoms with E-state index in [0.717, 1.165) is 16.7 Å². The maximum atomic E-state index is 13.3. The van der Waals surface area contributed by atoms with Gasteiger partial charge in [0.15, 0.2) is 0 Å². The molecule has 0 saturated carbocycles. The predicted molar refractivity (Wildman–Crippen MR) is 102 cm³/mol. The number of hydrogen-bond donors (Lipinski definition) is 1. The van der Waals surface area contributed by atoms with E-state index < -0.39 is 0 Å². The first-order chi connectivity index (χ1) is 13.1. The number of aromatic hydroxyl groups is 1. The molecule has 4 heteroatoms. The van der Waals surface area contributed by atoms with Crippen LogP contribution in [0.25, 0.3) is 0 Å². The van der Waals surface area contributed by atoms with Crippen LogP contribution in [0.1, 0.15) is 41.6 Å². The van der Waals surface area contributed by atoms with Gasteiger partial charge in [-0.2, -0.15) is 0 Å². The van der Waals surface area contributed by atoms with Crippen molar-refractivity contribution in [1.29, 1.82) is 0 Å². The number of phenols is 1. The van der Waals surface area contributed by atoms with Crippen LogP contribution in [0, 0.1) is 5.82 Å². The number of benzene rings is 3. The van der Waals surface area contributed by atoms with Crippen molar-refractivity contribution in [3.63, 3.8) is 0 Å². The number of β-lactam (4-membered cyclic amide) rings is 1. The standard InChI is InChI=1S/C23H20FNO2/c1-15(16-5-3-2-4-6-16)25-22(18-9-13-20(26)14-10-18)21(23(25)27)17-7-11-19(24)12-8-17/h2-15,21-22,26H,1H3. The van der Waals surface area contributed by atoms with Gasteiger partial charge in [0.25, 0.3) is 0 Å². The number of phenolic OH excluding ortho intramolecular Hbond substituents is 1. The molecule has 0 radical (unpaired) electrons. The van der Waals surface area contributed by atoms with Gasteiger partial charge in [0.1, 0.15) is 11.6 Å². The van der Waals surface area contributed by atoms with Crippen molar-refractivity contribution in [3.05, 3.63) is 101 Å². The monoisotopic (exact) mass is 361 g/mol. The molecule has 136 valence electrons. The highest BCUT2D eigenvalue weighted by molar-refractivity contribution is 5.92. The summed E-state index contributed by atoms with van der Waals surface area (Å²) in [5.41, 5.74) is 2.81. The molecule has 1 N–H and O–H groups in total. The van der Waals surface area contributed by atoms with Gasteiger partial charge >= 0.3 is 0 Å². The van der Waals surface area contributed by atoms with Crippen LogP contribution in [-0.4, -0.2) is 15.9 Å². The molecule has 0 aromatic heterocycles. The summed E-state index contributed by atoms with van der Waals surface area (Å²) in [5.74, 6) is -0.469. The van der Waals surface area contributed by atoms with Crippen LogP contribution in [-0.2, 0) is 4.79 Å². The molecule has 1 fully saturated rings. The van der Waals surface area contributed by atoms with Gasteiger partial charge in [0, 0.05) is 0 Å². The fraction of sp³-hybridized carbons (Fsp3) is 0.174. The molecular weight excluding hydrogens is 341 g/mol. The van der Waals surface area contributed by atoms with Gasteiger partial charge in [-0.3, -0.25) is 4.79 Å². The van der Waals surface area contributed by atoms with Gasteiger partial charge in [0.2, 0.25) is 5.91 Å². The average molecular weight is 361 g/mol. The minimum absolute atomic E-state index is 0.0241. The third kappa shape index (κ3) is 3.08. The van der Waals surface area contributed by atoms with E-state index in [2.05, 4.69) is 0 Å². The zero-order valence-corrected chi connectivity index (χ0v) is 14.9. The number of amides is 1. The van der Waals surface area contributed by atoms with E-state index in [4.69, 9.17) is 0 Å². The van der Waals surface area contributed by atoms with Crippen LogP contribution in [0.2, 0.25) is 0 Å². The lowest BCUT2D eigenvalue weighted by molar-refractivity contribution is -0.154. The van der Waals surface area contributed by atoms with Crippen molar-refractivity contribution in [2.75, 3.05) is 0 Å². The van der Waals surface area contributed by atoms with Crippen molar-refractivity contribution in [1.82, 2.24) is 4.90 Å². The maximum Gasteiger partial charge on any atom is 0.233 e. The van der Waals surface area contributed by atoms with Gasteiger partial charge in [-0.05, 0) is 47.9 Å². The molecule has 1 aliphatic rings. The van der Waals surface area contributed by atoms with Crippen LogP contribution in [0.4, 0.5) is 4.39 Å². The maximum absolute atomic E-state index is 13.3. The fourth-order valence-corrected chi connectivity index (χ4v) is 3.85. The Morgan fingerprint density at radius 1 is 0.889 bits per heavy atom. The summed E-state index contributed by atoms with van der Waals surface area (Å²) in [6, 6.07) is 22.7. The van der Waals surface area contributed by atoms with Gasteiger partial charge in [-0.1, -0.05) is 54.6 Å². The Kier molecular flexibility index (Phi) is 4.40.